The molecule has 1 aliphatic rings. The van der Waals surface area contributed by atoms with E-state index in [9.17, 15) is 14.7 Å². The molecule has 0 fully saturated rings. The van der Waals surface area contributed by atoms with Crippen LogP contribution in [0, 0.1) is 6.92 Å². The zero-order valence-corrected chi connectivity index (χ0v) is 15.9. The second-order valence-electron chi connectivity index (χ2n) is 6.94. The lowest BCUT2D eigenvalue weighted by atomic mass is 9.74. The predicted octanol–water partition coefficient (Wildman–Crippen LogP) is 4.45. The van der Waals surface area contributed by atoms with Crippen LogP contribution in [0.15, 0.2) is 72.8 Å². The first-order valence-electron chi connectivity index (χ1n) is 8.91. The number of amides is 1. The summed E-state index contributed by atoms with van der Waals surface area (Å²) in [6.45, 7) is 1.80. The van der Waals surface area contributed by atoms with Crippen molar-refractivity contribution in [2.75, 3.05) is 5.32 Å². The molecule has 1 aliphatic heterocycles. The molecule has 28 heavy (non-hydrogen) atoms. The Balaban J connectivity index is 1.96. The Morgan fingerprint density at radius 3 is 2.29 bits per heavy atom. The summed E-state index contributed by atoms with van der Waals surface area (Å²) in [5, 5.41) is 14.8. The van der Waals surface area contributed by atoms with E-state index in [2.05, 4.69) is 5.32 Å². The van der Waals surface area contributed by atoms with E-state index < -0.39 is 17.4 Å². The largest absolute Gasteiger partial charge is 0.374 e. The summed E-state index contributed by atoms with van der Waals surface area (Å²) in [5.41, 5.74) is 0.452. The van der Waals surface area contributed by atoms with Gasteiger partial charge >= 0.3 is 0 Å². The number of rotatable bonds is 4. The molecule has 0 saturated heterocycles. The molecule has 4 nitrogen and oxygen atoms in total. The molecular formula is C23H18ClNO3. The first-order chi connectivity index (χ1) is 13.4. The van der Waals surface area contributed by atoms with Crippen LogP contribution in [-0.2, 0) is 10.4 Å². The highest BCUT2D eigenvalue weighted by Gasteiger charge is 2.55. The number of hydrogen-bond acceptors (Lipinski definition) is 3. The molecule has 0 radical (unpaired) electrons. The van der Waals surface area contributed by atoms with E-state index in [0.29, 0.717) is 27.4 Å². The molecular weight excluding hydrogens is 374 g/mol. The maximum atomic E-state index is 13.5. The van der Waals surface area contributed by atoms with Crippen LogP contribution in [0.4, 0.5) is 5.69 Å². The molecule has 1 amide bonds. The Kier molecular flexibility index (Phi) is 4.53. The summed E-state index contributed by atoms with van der Waals surface area (Å²) in [6, 6.07) is 20.8. The molecule has 0 bridgehead atoms. The molecule has 4 rings (SSSR count). The third-order valence-corrected chi connectivity index (χ3v) is 5.39. The number of anilines is 1. The van der Waals surface area contributed by atoms with Gasteiger partial charge in [0.1, 0.15) is 0 Å². The summed E-state index contributed by atoms with van der Waals surface area (Å²) < 4.78 is 0. The second kappa shape index (κ2) is 6.89. The molecule has 1 heterocycles. The van der Waals surface area contributed by atoms with E-state index in [4.69, 9.17) is 11.6 Å². The lowest BCUT2D eigenvalue weighted by molar-refractivity contribution is -0.135. The Morgan fingerprint density at radius 1 is 1.04 bits per heavy atom. The van der Waals surface area contributed by atoms with Crippen molar-refractivity contribution in [1.29, 1.82) is 0 Å². The van der Waals surface area contributed by atoms with Gasteiger partial charge in [-0.25, -0.2) is 0 Å². The third kappa shape index (κ3) is 2.82. The van der Waals surface area contributed by atoms with Crippen LogP contribution in [0.2, 0.25) is 5.02 Å². The number of nitrogens with one attached hydrogen (secondary N) is 1. The Hall–Kier alpha value is -2.95. The molecule has 5 heteroatoms. The van der Waals surface area contributed by atoms with Crippen molar-refractivity contribution in [3.8, 4) is 0 Å². The smallest absolute Gasteiger partial charge is 0.262 e. The molecule has 0 spiro atoms. The minimum atomic E-state index is -2.07. The lowest BCUT2D eigenvalue weighted by Gasteiger charge is -2.30. The third-order valence-electron chi connectivity index (χ3n) is 5.17. The highest BCUT2D eigenvalue weighted by molar-refractivity contribution is 6.31. The van der Waals surface area contributed by atoms with Crippen LogP contribution in [0.3, 0.4) is 0 Å². The van der Waals surface area contributed by atoms with E-state index in [0.717, 1.165) is 5.56 Å². The topological polar surface area (TPSA) is 66.4 Å². The van der Waals surface area contributed by atoms with Crippen LogP contribution in [0.25, 0.3) is 0 Å². The van der Waals surface area contributed by atoms with Crippen LogP contribution < -0.4 is 5.32 Å². The van der Waals surface area contributed by atoms with Crippen molar-refractivity contribution in [3.63, 3.8) is 0 Å². The molecule has 0 saturated carbocycles. The number of carbonyl (C=O) groups is 2. The van der Waals surface area contributed by atoms with Crippen molar-refractivity contribution in [3.05, 3.63) is 100 Å². The van der Waals surface area contributed by atoms with Gasteiger partial charge in [-0.2, -0.15) is 0 Å². The highest BCUT2D eigenvalue weighted by atomic mass is 35.5. The van der Waals surface area contributed by atoms with Crippen LogP contribution >= 0.6 is 11.6 Å². The van der Waals surface area contributed by atoms with Crippen molar-refractivity contribution >= 4 is 29.0 Å². The number of halogens is 1. The molecule has 140 valence electrons. The van der Waals surface area contributed by atoms with E-state index in [1.54, 1.807) is 67.6 Å². The fraction of sp³-hybridized carbons (Fsp3) is 0.130. The number of aryl methyl sites for hydroxylation is 1. The summed E-state index contributed by atoms with van der Waals surface area (Å²) >= 11 is 6.22. The molecule has 0 unspecified atom stereocenters. The molecule has 0 aliphatic carbocycles. The van der Waals surface area contributed by atoms with E-state index in [1.807, 2.05) is 12.1 Å². The van der Waals surface area contributed by atoms with E-state index >= 15 is 0 Å². The summed E-state index contributed by atoms with van der Waals surface area (Å²) in [6.07, 6.45) is 0. The zero-order valence-electron chi connectivity index (χ0n) is 15.1. The molecule has 0 aromatic heterocycles. The number of carbonyl (C=O) groups excluding carboxylic acids is 2. The second-order valence-corrected chi connectivity index (χ2v) is 7.38. The molecule has 3 aromatic rings. The minimum absolute atomic E-state index is 0.320. The summed E-state index contributed by atoms with van der Waals surface area (Å²) in [4.78, 5) is 26.5. The number of aliphatic hydroxyl groups is 1. The van der Waals surface area contributed by atoms with Gasteiger partial charge in [0, 0.05) is 16.1 Å². The average molecular weight is 392 g/mol. The predicted molar refractivity (Wildman–Crippen MR) is 109 cm³/mol. The molecule has 2 atom stereocenters. The van der Waals surface area contributed by atoms with Gasteiger partial charge in [-0.1, -0.05) is 72.3 Å². The Labute approximate surface area is 167 Å². The number of fused-ring (bicyclic) bond motifs is 1. The van der Waals surface area contributed by atoms with Crippen molar-refractivity contribution in [1.82, 2.24) is 0 Å². The first-order valence-corrected chi connectivity index (χ1v) is 9.29. The minimum Gasteiger partial charge on any atom is -0.374 e. The molecule has 3 aromatic carbocycles. The monoisotopic (exact) mass is 391 g/mol. The van der Waals surface area contributed by atoms with Crippen molar-refractivity contribution < 1.29 is 14.7 Å². The van der Waals surface area contributed by atoms with Gasteiger partial charge in [-0.3, -0.25) is 9.59 Å². The average Bonchev–Trinajstić information content (AvgIpc) is 2.95. The molecule has 2 N–H and O–H groups in total. The normalized spacial score (nSPS) is 19.0. The maximum Gasteiger partial charge on any atom is 0.262 e. The van der Waals surface area contributed by atoms with Crippen LogP contribution in [0.1, 0.15) is 33.0 Å². The van der Waals surface area contributed by atoms with Crippen LogP contribution in [-0.4, -0.2) is 16.8 Å². The van der Waals surface area contributed by atoms with Gasteiger partial charge in [-0.15, -0.1) is 0 Å². The lowest BCUT2D eigenvalue weighted by Crippen LogP contribution is -2.44. The first kappa shape index (κ1) is 18.4. The summed E-state index contributed by atoms with van der Waals surface area (Å²) in [7, 11) is 0. The Morgan fingerprint density at radius 2 is 1.64 bits per heavy atom. The van der Waals surface area contributed by atoms with Gasteiger partial charge < -0.3 is 10.4 Å². The van der Waals surface area contributed by atoms with Gasteiger partial charge in [0.15, 0.2) is 11.4 Å². The SMILES string of the molecule is Cc1cc(Cl)cc2c1NC(=O)[C@@]2(O)[C@@H](C(=O)c1ccccc1)c1ccccc1. The highest BCUT2D eigenvalue weighted by Crippen LogP contribution is 2.48. The Bertz CT molecular complexity index is 1070. The maximum absolute atomic E-state index is 13.5. The van der Waals surface area contributed by atoms with Gasteiger partial charge in [0.2, 0.25) is 0 Å². The van der Waals surface area contributed by atoms with E-state index in [1.165, 1.54) is 0 Å². The van der Waals surface area contributed by atoms with Gasteiger partial charge in [-0.05, 0) is 30.2 Å². The van der Waals surface area contributed by atoms with Crippen molar-refractivity contribution in [2.45, 2.75) is 18.4 Å². The number of Topliss-reactive ketones (excluding diaryl/α,β-unsaturated/α-hetero) is 1. The quantitative estimate of drug-likeness (QED) is 0.645. The zero-order chi connectivity index (χ0) is 19.9. The van der Waals surface area contributed by atoms with Gasteiger partial charge in [0.05, 0.1) is 11.6 Å². The number of ketones is 1. The summed E-state index contributed by atoms with van der Waals surface area (Å²) in [5.74, 6) is -2.09. The van der Waals surface area contributed by atoms with E-state index in [-0.39, 0.29) is 5.78 Å². The fourth-order valence-electron chi connectivity index (χ4n) is 3.82. The standard InChI is InChI=1S/C23H18ClNO3/c1-14-12-17(24)13-18-20(14)25-22(27)23(18,28)19(15-8-4-2-5-9-15)21(26)16-10-6-3-7-11-16/h2-13,19,28H,1H3,(H,25,27)/t19-,23+/m1/s1. The van der Waals surface area contributed by atoms with Crippen LogP contribution in [0.5, 0.6) is 0 Å². The fourth-order valence-corrected chi connectivity index (χ4v) is 4.10. The number of hydrogen-bond donors (Lipinski definition) is 2. The van der Waals surface area contributed by atoms with Crippen molar-refractivity contribution in [2.24, 2.45) is 0 Å². The number of benzene rings is 3. The van der Waals surface area contributed by atoms with Gasteiger partial charge in [0.25, 0.3) is 5.91 Å².